The van der Waals surface area contributed by atoms with Crippen LogP contribution in [0.4, 0.5) is 19.0 Å². The first kappa shape index (κ1) is 17.2. The van der Waals surface area contributed by atoms with Gasteiger partial charge in [0.1, 0.15) is 5.82 Å². The van der Waals surface area contributed by atoms with Crippen LogP contribution in [0.1, 0.15) is 11.1 Å². The Bertz CT molecular complexity index is 1090. The molecule has 1 N–H and O–H groups in total. The van der Waals surface area contributed by atoms with E-state index >= 15 is 0 Å². The first-order valence-corrected chi connectivity index (χ1v) is 8.92. The summed E-state index contributed by atoms with van der Waals surface area (Å²) >= 11 is 5.81. The van der Waals surface area contributed by atoms with Crippen molar-refractivity contribution in [2.24, 2.45) is 0 Å². The van der Waals surface area contributed by atoms with Gasteiger partial charge < -0.3 is 14.8 Å². The average molecular weight is 408 g/mol. The van der Waals surface area contributed by atoms with Gasteiger partial charge in [-0.25, -0.2) is 4.68 Å². The Morgan fingerprint density at radius 3 is 2.71 bits per heavy atom. The quantitative estimate of drug-likeness (QED) is 0.656. The molecule has 2 aromatic carbocycles. The van der Waals surface area contributed by atoms with E-state index in [-0.39, 0.29) is 17.5 Å². The molecule has 0 radical (unpaired) electrons. The van der Waals surface area contributed by atoms with E-state index in [0.717, 1.165) is 17.2 Å². The summed E-state index contributed by atoms with van der Waals surface area (Å²) in [6, 6.07) is 9.07. The van der Waals surface area contributed by atoms with Crippen molar-refractivity contribution >= 4 is 17.4 Å². The van der Waals surface area contributed by atoms with E-state index in [1.165, 1.54) is 16.8 Å². The van der Waals surface area contributed by atoms with Gasteiger partial charge in [0.25, 0.3) is 0 Å². The van der Waals surface area contributed by atoms with Gasteiger partial charge in [0, 0.05) is 22.7 Å². The van der Waals surface area contributed by atoms with E-state index in [4.69, 9.17) is 21.1 Å². The van der Waals surface area contributed by atoms with Crippen LogP contribution in [0.25, 0.3) is 16.9 Å². The number of nitrogens with one attached hydrogen (secondary N) is 1. The number of ether oxygens (including phenoxy) is 2. The summed E-state index contributed by atoms with van der Waals surface area (Å²) in [6.45, 7) is 0.770. The second-order valence-corrected chi connectivity index (χ2v) is 6.93. The Morgan fingerprint density at radius 1 is 1.07 bits per heavy atom. The van der Waals surface area contributed by atoms with E-state index < -0.39 is 11.7 Å². The fraction of sp³-hybridized carbons (Fsp3) is 0.211. The number of alkyl halides is 3. The van der Waals surface area contributed by atoms with Crippen molar-refractivity contribution in [2.75, 3.05) is 18.7 Å². The lowest BCUT2D eigenvalue weighted by atomic mass is 10.1. The molecule has 9 heteroatoms. The van der Waals surface area contributed by atoms with Gasteiger partial charge >= 0.3 is 6.18 Å². The predicted molar refractivity (Wildman–Crippen MR) is 97.3 cm³/mol. The maximum Gasteiger partial charge on any atom is 0.418 e. The highest BCUT2D eigenvalue weighted by Crippen LogP contribution is 2.42. The van der Waals surface area contributed by atoms with Gasteiger partial charge in [-0.3, -0.25) is 0 Å². The van der Waals surface area contributed by atoms with Gasteiger partial charge in [0.15, 0.2) is 11.5 Å². The van der Waals surface area contributed by atoms with Gasteiger partial charge in [-0.2, -0.15) is 18.3 Å². The molecule has 0 unspecified atom stereocenters. The molecular formula is C19H13ClF3N3O2. The lowest BCUT2D eigenvalue weighted by Crippen LogP contribution is -2.13. The zero-order valence-electron chi connectivity index (χ0n) is 14.3. The van der Waals surface area contributed by atoms with Gasteiger partial charge in [0.2, 0.25) is 6.79 Å². The molecule has 0 spiro atoms. The number of halogens is 4. The Labute approximate surface area is 162 Å². The molecule has 5 rings (SSSR count). The van der Waals surface area contributed by atoms with Crippen LogP contribution in [0.15, 0.2) is 36.4 Å². The molecule has 0 aliphatic carbocycles. The van der Waals surface area contributed by atoms with Crippen molar-refractivity contribution in [1.29, 1.82) is 0 Å². The van der Waals surface area contributed by atoms with Crippen LogP contribution in [0, 0.1) is 0 Å². The van der Waals surface area contributed by atoms with Crippen LogP contribution >= 0.6 is 11.6 Å². The summed E-state index contributed by atoms with van der Waals surface area (Å²) in [5.74, 6) is 1.78. The van der Waals surface area contributed by atoms with Crippen LogP contribution < -0.4 is 14.8 Å². The fourth-order valence-electron chi connectivity index (χ4n) is 3.54. The molecule has 0 saturated carbocycles. The molecule has 0 saturated heterocycles. The molecule has 0 fully saturated rings. The summed E-state index contributed by atoms with van der Waals surface area (Å²) < 4.78 is 52.8. The van der Waals surface area contributed by atoms with Crippen LogP contribution in [-0.4, -0.2) is 23.1 Å². The number of anilines is 1. The number of benzene rings is 2. The lowest BCUT2D eigenvalue weighted by molar-refractivity contribution is -0.137. The molecule has 3 heterocycles. The lowest BCUT2D eigenvalue weighted by Gasteiger charge is -2.15. The minimum absolute atomic E-state index is 0.0174. The molecule has 0 amide bonds. The Morgan fingerprint density at radius 2 is 1.89 bits per heavy atom. The van der Waals surface area contributed by atoms with Crippen LogP contribution in [0.5, 0.6) is 11.5 Å². The topological polar surface area (TPSA) is 48.3 Å². The maximum absolute atomic E-state index is 13.6. The Kier molecular flexibility index (Phi) is 3.74. The smallest absolute Gasteiger partial charge is 0.418 e. The van der Waals surface area contributed by atoms with Crippen molar-refractivity contribution < 1.29 is 22.6 Å². The van der Waals surface area contributed by atoms with Crippen molar-refractivity contribution in [3.8, 4) is 28.4 Å². The van der Waals surface area contributed by atoms with Crippen molar-refractivity contribution in [2.45, 2.75) is 12.6 Å². The first-order valence-electron chi connectivity index (χ1n) is 8.55. The SMILES string of the molecule is FC(F)(F)c1cc(Cl)ccc1-n1nc(-c2ccc3c(c2)OCO3)c2c1NCC2. The summed E-state index contributed by atoms with van der Waals surface area (Å²) in [7, 11) is 0. The van der Waals surface area contributed by atoms with Crippen LogP contribution in [0.3, 0.4) is 0 Å². The molecule has 28 heavy (non-hydrogen) atoms. The zero-order valence-corrected chi connectivity index (χ0v) is 15.1. The third-order valence-electron chi connectivity index (χ3n) is 4.79. The predicted octanol–water partition coefficient (Wildman–Crippen LogP) is 4.91. The highest BCUT2D eigenvalue weighted by atomic mass is 35.5. The van der Waals surface area contributed by atoms with Gasteiger partial charge in [-0.05, 0) is 42.8 Å². The average Bonchev–Trinajstić information content (AvgIpc) is 3.36. The second-order valence-electron chi connectivity index (χ2n) is 6.49. The minimum atomic E-state index is -4.56. The molecule has 0 atom stereocenters. The molecule has 5 nitrogen and oxygen atoms in total. The third-order valence-corrected chi connectivity index (χ3v) is 5.02. The minimum Gasteiger partial charge on any atom is -0.454 e. The normalized spacial score (nSPS) is 14.9. The number of fused-ring (bicyclic) bond motifs is 2. The number of nitrogens with zero attached hydrogens (tertiary/aromatic N) is 2. The van der Waals surface area contributed by atoms with E-state index in [2.05, 4.69) is 10.4 Å². The van der Waals surface area contributed by atoms with Crippen molar-refractivity contribution in [1.82, 2.24) is 9.78 Å². The van der Waals surface area contributed by atoms with E-state index in [1.807, 2.05) is 6.07 Å². The van der Waals surface area contributed by atoms with E-state index in [1.54, 1.807) is 12.1 Å². The third kappa shape index (κ3) is 2.67. The Hall–Kier alpha value is -2.87. The number of hydrogen-bond acceptors (Lipinski definition) is 4. The molecule has 2 aliphatic rings. The van der Waals surface area contributed by atoms with E-state index in [0.29, 0.717) is 36.0 Å². The largest absolute Gasteiger partial charge is 0.454 e. The monoisotopic (exact) mass is 407 g/mol. The van der Waals surface area contributed by atoms with E-state index in [9.17, 15) is 13.2 Å². The maximum atomic E-state index is 13.6. The van der Waals surface area contributed by atoms with Crippen molar-refractivity contribution in [3.05, 3.63) is 52.5 Å². The molecular weight excluding hydrogens is 395 g/mol. The molecule has 0 bridgehead atoms. The first-order chi connectivity index (χ1) is 13.4. The standard InChI is InChI=1S/C19H13ClF3N3O2/c20-11-2-3-14(13(8-11)19(21,22)23)26-18-12(5-6-24-18)17(25-26)10-1-4-15-16(7-10)28-9-27-15/h1-4,7-8,24H,5-6,9H2. The number of rotatable bonds is 2. The number of hydrogen-bond donors (Lipinski definition) is 1. The molecule has 2 aliphatic heterocycles. The van der Waals surface area contributed by atoms with Gasteiger partial charge in [-0.1, -0.05) is 11.6 Å². The number of aromatic nitrogens is 2. The summed E-state index contributed by atoms with van der Waals surface area (Å²) in [5.41, 5.74) is 1.32. The van der Waals surface area contributed by atoms with Crippen molar-refractivity contribution in [3.63, 3.8) is 0 Å². The molecule has 144 valence electrons. The molecule has 3 aromatic rings. The van der Waals surface area contributed by atoms with Gasteiger partial charge in [-0.15, -0.1) is 0 Å². The summed E-state index contributed by atoms with van der Waals surface area (Å²) in [4.78, 5) is 0. The van der Waals surface area contributed by atoms with Crippen LogP contribution in [-0.2, 0) is 12.6 Å². The highest BCUT2D eigenvalue weighted by molar-refractivity contribution is 6.30. The Balaban J connectivity index is 1.69. The summed E-state index contributed by atoms with van der Waals surface area (Å²) in [6.07, 6.45) is -3.90. The van der Waals surface area contributed by atoms with Gasteiger partial charge in [0.05, 0.1) is 16.9 Å². The second kappa shape index (κ2) is 6.07. The summed E-state index contributed by atoms with van der Waals surface area (Å²) in [5, 5.41) is 7.68. The zero-order chi connectivity index (χ0) is 19.5. The van der Waals surface area contributed by atoms with Crippen LogP contribution in [0.2, 0.25) is 5.02 Å². The highest BCUT2D eigenvalue weighted by Gasteiger charge is 2.36. The molecule has 1 aromatic heterocycles. The fourth-order valence-corrected chi connectivity index (χ4v) is 3.72.